The molecular formula is C26H38Cl2N4O8. The van der Waals surface area contributed by atoms with Crippen LogP contribution in [0, 0.1) is 5.92 Å². The van der Waals surface area contributed by atoms with Gasteiger partial charge in [0.25, 0.3) is 0 Å². The average Bonchev–Trinajstić information content (AvgIpc) is 2.95. The number of hydrogen-bond donors (Lipinski definition) is 6. The number of aliphatic carboxylic acids is 1. The lowest BCUT2D eigenvalue weighted by Gasteiger charge is -2.39. The number of aliphatic hydroxyl groups excluding tert-OH is 3. The van der Waals surface area contributed by atoms with Crippen LogP contribution in [-0.2, 0) is 9.53 Å². The molecule has 3 fully saturated rings. The number of urea groups is 1. The van der Waals surface area contributed by atoms with Crippen LogP contribution in [0.15, 0.2) is 12.1 Å². The van der Waals surface area contributed by atoms with Gasteiger partial charge in [0.2, 0.25) is 6.29 Å². The van der Waals surface area contributed by atoms with Gasteiger partial charge in [-0.2, -0.15) is 0 Å². The van der Waals surface area contributed by atoms with Gasteiger partial charge in [-0.3, -0.25) is 4.90 Å². The number of carboxylic acid groups (broad SMARTS) is 1. The molecule has 1 unspecified atom stereocenters. The van der Waals surface area contributed by atoms with Gasteiger partial charge in [-0.25, -0.2) is 9.59 Å². The molecule has 6 N–H and O–H groups in total. The van der Waals surface area contributed by atoms with Gasteiger partial charge in [0.1, 0.15) is 29.1 Å². The average molecular weight is 606 g/mol. The third kappa shape index (κ3) is 7.22. The molecule has 40 heavy (non-hydrogen) atoms. The molecular weight excluding hydrogens is 567 g/mol. The molecule has 0 bridgehead atoms. The van der Waals surface area contributed by atoms with Crippen LogP contribution in [0.5, 0.6) is 5.75 Å². The molecule has 2 heterocycles. The molecule has 5 atom stereocenters. The smallest absolute Gasteiger partial charge is 0.335 e. The van der Waals surface area contributed by atoms with Gasteiger partial charge in [-0.05, 0) is 56.7 Å². The quantitative estimate of drug-likeness (QED) is 0.254. The van der Waals surface area contributed by atoms with Crippen LogP contribution in [0.1, 0.15) is 32.1 Å². The number of hydrogen-bond acceptors (Lipinski definition) is 9. The first-order valence-electron chi connectivity index (χ1n) is 13.6. The van der Waals surface area contributed by atoms with Gasteiger partial charge in [-0.15, -0.1) is 0 Å². The summed E-state index contributed by atoms with van der Waals surface area (Å²) in [6, 6.07) is 3.43. The highest BCUT2D eigenvalue weighted by Crippen LogP contribution is 2.41. The highest BCUT2D eigenvalue weighted by molar-refractivity contribution is 6.44. The number of benzene rings is 1. The normalized spacial score (nSPS) is 31.4. The van der Waals surface area contributed by atoms with Crippen molar-refractivity contribution in [2.75, 3.05) is 44.7 Å². The standard InChI is InChI=1S/C26H38Cl2N4O8/c1-29-26(38)30-15-4-2-14(3-5-15)8-9-31-10-12-32(13-11-31)16-6-7-17(19(28)18(16)27)39-25-22(35)20(33)21(34)23(40-25)24(36)37/h6-7,14-15,20-23,25,33-35H,2-5,8-13H2,1H3,(H,36,37)(H2,29,30,38)/t14?,15?,20-,21-,22+,23-,25?/m0/s1. The fraction of sp³-hybridized carbons (Fsp3) is 0.692. The molecule has 224 valence electrons. The Hall–Kier alpha value is -2.06. The maximum atomic E-state index is 11.5. The zero-order valence-corrected chi connectivity index (χ0v) is 23.9. The van der Waals surface area contributed by atoms with Crippen molar-refractivity contribution in [2.45, 2.75) is 68.9 Å². The summed E-state index contributed by atoms with van der Waals surface area (Å²) in [5.74, 6) is -0.789. The molecule has 1 aromatic rings. The molecule has 0 aromatic heterocycles. The molecule has 1 saturated carbocycles. The Morgan fingerprint density at radius 2 is 1.68 bits per heavy atom. The van der Waals surface area contributed by atoms with Crippen molar-refractivity contribution in [3.63, 3.8) is 0 Å². The maximum Gasteiger partial charge on any atom is 0.335 e. The Morgan fingerprint density at radius 1 is 1.00 bits per heavy atom. The number of nitrogens with one attached hydrogen (secondary N) is 2. The third-order valence-electron chi connectivity index (χ3n) is 8.06. The third-order valence-corrected chi connectivity index (χ3v) is 8.91. The van der Waals surface area contributed by atoms with Gasteiger partial charge >= 0.3 is 12.0 Å². The topological polar surface area (TPSA) is 164 Å². The second-order valence-corrected chi connectivity index (χ2v) is 11.4. The van der Waals surface area contributed by atoms with E-state index in [9.17, 15) is 30.0 Å². The lowest BCUT2D eigenvalue weighted by Crippen LogP contribution is -2.61. The predicted molar refractivity (Wildman–Crippen MR) is 148 cm³/mol. The monoisotopic (exact) mass is 604 g/mol. The molecule has 1 aliphatic carbocycles. The molecule has 0 spiro atoms. The first-order chi connectivity index (χ1) is 19.1. The van der Waals surface area contributed by atoms with Gasteiger partial charge < -0.3 is 45.4 Å². The highest BCUT2D eigenvalue weighted by atomic mass is 35.5. The Morgan fingerprint density at radius 3 is 2.30 bits per heavy atom. The van der Waals surface area contributed by atoms with E-state index in [0.717, 1.165) is 70.5 Å². The van der Waals surface area contributed by atoms with Crippen molar-refractivity contribution in [1.82, 2.24) is 15.5 Å². The predicted octanol–water partition coefficient (Wildman–Crippen LogP) is 1.26. The van der Waals surface area contributed by atoms with Crippen molar-refractivity contribution < 1.29 is 39.5 Å². The van der Waals surface area contributed by atoms with Crippen LogP contribution >= 0.6 is 23.2 Å². The Balaban J connectivity index is 1.26. The van der Waals surface area contributed by atoms with E-state index < -0.39 is 36.7 Å². The van der Waals surface area contributed by atoms with Crippen LogP contribution in [0.25, 0.3) is 0 Å². The zero-order chi connectivity index (χ0) is 29.0. The molecule has 2 aliphatic heterocycles. The second-order valence-electron chi connectivity index (χ2n) is 10.6. The highest BCUT2D eigenvalue weighted by Gasteiger charge is 2.48. The van der Waals surface area contributed by atoms with Crippen molar-refractivity contribution >= 4 is 40.9 Å². The zero-order valence-electron chi connectivity index (χ0n) is 22.3. The summed E-state index contributed by atoms with van der Waals surface area (Å²) < 4.78 is 10.8. The first kappa shape index (κ1) is 30.9. The molecule has 14 heteroatoms. The van der Waals surface area contributed by atoms with Crippen molar-refractivity contribution in [1.29, 1.82) is 0 Å². The SMILES string of the molecule is CNC(=O)NC1CCC(CCN2CCN(c3ccc(OC4O[C@H](C(=O)O)[C@@H](O)[C@H](O)[C@H]4O)c(Cl)c3Cl)CC2)CC1. The number of amides is 2. The summed E-state index contributed by atoms with van der Waals surface area (Å²) in [5, 5.41) is 45.3. The minimum absolute atomic E-state index is 0.0473. The van der Waals surface area contributed by atoms with E-state index in [-0.39, 0.29) is 27.9 Å². The van der Waals surface area contributed by atoms with E-state index in [1.54, 1.807) is 19.2 Å². The van der Waals surface area contributed by atoms with Gasteiger partial charge in [0.05, 0.1) is 10.7 Å². The van der Waals surface area contributed by atoms with Crippen molar-refractivity contribution in [3.8, 4) is 5.75 Å². The molecule has 1 aromatic carbocycles. The van der Waals surface area contributed by atoms with Crippen LogP contribution in [0.3, 0.4) is 0 Å². The molecule has 2 saturated heterocycles. The van der Waals surface area contributed by atoms with Gasteiger partial charge in [0.15, 0.2) is 6.10 Å². The van der Waals surface area contributed by atoms with Crippen molar-refractivity contribution in [3.05, 3.63) is 22.2 Å². The largest absolute Gasteiger partial charge is 0.479 e. The number of carbonyl (C=O) groups is 2. The fourth-order valence-corrected chi connectivity index (χ4v) is 6.04. The maximum absolute atomic E-state index is 11.5. The summed E-state index contributed by atoms with van der Waals surface area (Å²) in [6.45, 7) is 4.29. The molecule has 2 amide bonds. The number of carboxylic acids is 1. The number of halogens is 2. The van der Waals surface area contributed by atoms with Crippen LogP contribution < -0.4 is 20.3 Å². The number of aliphatic hydroxyl groups is 3. The van der Waals surface area contributed by atoms with Gasteiger partial charge in [-0.1, -0.05) is 23.2 Å². The summed E-state index contributed by atoms with van der Waals surface area (Å²) in [5.41, 5.74) is 0.726. The number of nitrogens with zero attached hydrogens (tertiary/aromatic N) is 2. The lowest BCUT2D eigenvalue weighted by atomic mass is 9.84. The Kier molecular flexibility index (Phi) is 10.6. The summed E-state index contributed by atoms with van der Waals surface area (Å²) in [7, 11) is 1.63. The lowest BCUT2D eigenvalue weighted by molar-refractivity contribution is -0.271. The molecule has 12 nitrogen and oxygen atoms in total. The van der Waals surface area contributed by atoms with Crippen LogP contribution in [0.2, 0.25) is 10.0 Å². The Bertz CT molecular complexity index is 1040. The number of rotatable bonds is 8. The minimum atomic E-state index is -1.82. The van der Waals surface area contributed by atoms with E-state index >= 15 is 0 Å². The molecule has 4 rings (SSSR count). The summed E-state index contributed by atoms with van der Waals surface area (Å²) >= 11 is 13.1. The number of ether oxygens (including phenoxy) is 2. The number of carbonyl (C=O) groups excluding carboxylic acids is 1. The second kappa shape index (κ2) is 13.7. The van der Waals surface area contributed by atoms with Gasteiger partial charge in [0, 0.05) is 39.3 Å². The Labute approximate surface area is 243 Å². The first-order valence-corrected chi connectivity index (χ1v) is 14.4. The van der Waals surface area contributed by atoms with Crippen LogP contribution in [0.4, 0.5) is 10.5 Å². The van der Waals surface area contributed by atoms with E-state index in [0.29, 0.717) is 5.92 Å². The van der Waals surface area contributed by atoms with E-state index in [1.165, 1.54) is 0 Å². The summed E-state index contributed by atoms with van der Waals surface area (Å²) in [4.78, 5) is 27.4. The molecule has 0 radical (unpaired) electrons. The van der Waals surface area contributed by atoms with E-state index in [4.69, 9.17) is 32.7 Å². The minimum Gasteiger partial charge on any atom is -0.479 e. The molecule has 3 aliphatic rings. The summed E-state index contributed by atoms with van der Waals surface area (Å²) in [6.07, 6.45) is -3.27. The van der Waals surface area contributed by atoms with Crippen LogP contribution in [-0.4, -0.2) is 114 Å². The fourth-order valence-electron chi connectivity index (χ4n) is 5.56. The van der Waals surface area contributed by atoms with E-state index in [2.05, 4.69) is 20.4 Å². The number of piperazine rings is 1. The van der Waals surface area contributed by atoms with E-state index in [1.807, 2.05) is 0 Å². The van der Waals surface area contributed by atoms with Crippen molar-refractivity contribution in [2.24, 2.45) is 5.92 Å². The number of anilines is 1.